The maximum atomic E-state index is 17.5. The predicted molar refractivity (Wildman–Crippen MR) is 212 cm³/mol. The molecule has 2 aliphatic rings. The number of halogens is 2. The van der Waals surface area contributed by atoms with Crippen molar-refractivity contribution in [2.45, 2.75) is 87.7 Å². The van der Waals surface area contributed by atoms with Crippen LogP contribution in [0.25, 0.3) is 32.9 Å². The fraction of sp³-hybridized carbons (Fsp3) is 0.525. The van der Waals surface area contributed by atoms with Gasteiger partial charge in [-0.3, -0.25) is 0 Å². The smallest absolute Gasteiger partial charge is 0.227 e. The van der Waals surface area contributed by atoms with Crippen LogP contribution >= 0.6 is 11.8 Å². The fourth-order valence-electron chi connectivity index (χ4n) is 8.73. The van der Waals surface area contributed by atoms with Gasteiger partial charge in [-0.05, 0) is 59.3 Å². The van der Waals surface area contributed by atoms with Crippen LogP contribution in [0.15, 0.2) is 29.4 Å². The van der Waals surface area contributed by atoms with E-state index in [-0.39, 0.29) is 53.0 Å². The number of rotatable bonds is 12. The van der Waals surface area contributed by atoms with Crippen molar-refractivity contribution in [3.05, 3.63) is 41.5 Å². The highest BCUT2D eigenvalue weighted by molar-refractivity contribution is 7.98. The molecule has 0 spiro atoms. The Kier molecular flexibility index (Phi) is 10.4. The van der Waals surface area contributed by atoms with Crippen molar-refractivity contribution in [3.63, 3.8) is 0 Å². The van der Waals surface area contributed by atoms with Gasteiger partial charge in [0.15, 0.2) is 17.8 Å². The number of hydrogen-bond donors (Lipinski definition) is 1. The number of nitrogens with zero attached hydrogens (tertiary/aromatic N) is 4. The zero-order chi connectivity index (χ0) is 40.7. The van der Waals surface area contributed by atoms with E-state index in [9.17, 15) is 0 Å². The van der Waals surface area contributed by atoms with Crippen LogP contribution in [0, 0.1) is 23.1 Å². The third-order valence-electron chi connectivity index (χ3n) is 11.1. The Bertz CT molecular complexity index is 2160. The van der Waals surface area contributed by atoms with Crippen LogP contribution in [0.3, 0.4) is 0 Å². The normalized spacial score (nSPS) is 19.8. The van der Waals surface area contributed by atoms with Gasteiger partial charge in [0.2, 0.25) is 5.88 Å². The van der Waals surface area contributed by atoms with Crippen molar-refractivity contribution in [2.75, 3.05) is 58.9 Å². The van der Waals surface area contributed by atoms with Crippen molar-refractivity contribution in [2.24, 2.45) is 0 Å². The van der Waals surface area contributed by atoms with Gasteiger partial charge < -0.3 is 29.2 Å². The molecular formula is C40H51F2N5O4SSi. The average Bonchev–Trinajstić information content (AvgIpc) is 3.46. The molecule has 2 fully saturated rings. The largest absolute Gasteiger partial charge is 0.480 e. The second-order valence-electron chi connectivity index (χ2n) is 15.1. The van der Waals surface area contributed by atoms with Crippen LogP contribution in [0.5, 0.6) is 11.6 Å². The second kappa shape index (κ2) is 15.7. The fourth-order valence-corrected chi connectivity index (χ4v) is 14.3. The van der Waals surface area contributed by atoms with E-state index in [0.29, 0.717) is 63.6 Å². The minimum Gasteiger partial charge on any atom is -0.480 e. The minimum atomic E-state index is -2.55. The standard InChI is InChI=1S/C40H51F2N5O4SSi/c1-23(2)53(24(3)4,25(5)6)16-14-29-31(41)12-11-26-17-28(51-22-49-8)18-30(32(26)29)35-34(42)36-33(38(43-35)50-9)37(45-39(44-36)52-10)47-19-27-13-15-40(20-47,46-27)21-48-7/h11-12,17-18,23-25,27,46H,13,15,19-22H2,1-10H3/i7D3. The van der Waals surface area contributed by atoms with Gasteiger partial charge in [0, 0.05) is 44.2 Å². The number of hydrogen-bond acceptors (Lipinski definition) is 10. The van der Waals surface area contributed by atoms with Crippen LogP contribution in [-0.2, 0) is 9.47 Å². The summed E-state index contributed by atoms with van der Waals surface area (Å²) >= 11 is 1.26. The van der Waals surface area contributed by atoms with E-state index in [2.05, 4.69) is 63.3 Å². The van der Waals surface area contributed by atoms with E-state index < -0.39 is 32.3 Å². The minimum absolute atomic E-state index is 0.0221. The average molecular weight is 767 g/mol. The van der Waals surface area contributed by atoms with Crippen LogP contribution in [0.4, 0.5) is 14.6 Å². The highest BCUT2D eigenvalue weighted by atomic mass is 32.2. The van der Waals surface area contributed by atoms with Crippen LogP contribution in [-0.4, -0.2) is 88.6 Å². The van der Waals surface area contributed by atoms with Crippen molar-refractivity contribution in [1.82, 2.24) is 20.3 Å². The number of aromatic nitrogens is 3. The van der Waals surface area contributed by atoms with Crippen molar-refractivity contribution < 1.29 is 31.8 Å². The van der Waals surface area contributed by atoms with Gasteiger partial charge in [-0.15, -0.1) is 5.54 Å². The molecule has 2 aromatic carbocycles. The quantitative estimate of drug-likeness (QED) is 0.0499. The first-order chi connectivity index (χ1) is 26.5. The van der Waals surface area contributed by atoms with Crippen molar-refractivity contribution in [3.8, 4) is 34.4 Å². The van der Waals surface area contributed by atoms with Gasteiger partial charge in [0.1, 0.15) is 42.1 Å². The Balaban J connectivity index is 1.61. The lowest BCUT2D eigenvalue weighted by molar-refractivity contribution is 0.0512. The van der Waals surface area contributed by atoms with E-state index in [0.717, 1.165) is 6.42 Å². The molecule has 2 atom stereocenters. The molecule has 13 heteroatoms. The lowest BCUT2D eigenvalue weighted by Crippen LogP contribution is -2.62. The van der Waals surface area contributed by atoms with E-state index in [1.165, 1.54) is 32.0 Å². The molecule has 0 radical (unpaired) electrons. The number of thioether (sulfide) groups is 1. The summed E-state index contributed by atoms with van der Waals surface area (Å²) in [4.78, 5) is 16.3. The molecule has 4 heterocycles. The SMILES string of the molecule is [2H]C([2H])([2H])OCC12CCC(CN(c3nc(SC)nc4c(F)c(-c5cc(OCOC)cc6ccc(F)c(C#C[Si](C(C)C)(C(C)C)C(C)C)c56)nc(OC)c34)C1)N2. The summed E-state index contributed by atoms with van der Waals surface area (Å²) in [5.74, 6) is 2.89. The third-order valence-corrected chi connectivity index (χ3v) is 17.9. The Hall–Kier alpha value is -3.54. The number of piperazine rings is 1. The van der Waals surface area contributed by atoms with Crippen LogP contribution < -0.4 is 19.7 Å². The molecule has 2 saturated heterocycles. The maximum absolute atomic E-state index is 17.5. The van der Waals surface area contributed by atoms with Gasteiger partial charge in [-0.2, -0.15) is 0 Å². The Morgan fingerprint density at radius 3 is 2.47 bits per heavy atom. The molecule has 53 heavy (non-hydrogen) atoms. The van der Waals surface area contributed by atoms with E-state index in [1.54, 1.807) is 18.2 Å². The number of ether oxygens (including phenoxy) is 4. The summed E-state index contributed by atoms with van der Waals surface area (Å²) < 4.78 is 79.0. The van der Waals surface area contributed by atoms with E-state index in [1.807, 2.05) is 11.2 Å². The molecule has 6 rings (SSSR count). The summed E-state index contributed by atoms with van der Waals surface area (Å²) in [5, 5.41) is 5.12. The molecule has 284 valence electrons. The number of benzene rings is 2. The summed E-state index contributed by atoms with van der Waals surface area (Å²) in [6.45, 7) is 13.9. The monoisotopic (exact) mass is 766 g/mol. The zero-order valence-electron chi connectivity index (χ0n) is 34.9. The number of pyridine rings is 1. The predicted octanol–water partition coefficient (Wildman–Crippen LogP) is 8.36. The highest BCUT2D eigenvalue weighted by Gasteiger charge is 2.46. The van der Waals surface area contributed by atoms with Crippen molar-refractivity contribution in [1.29, 1.82) is 0 Å². The Morgan fingerprint density at radius 2 is 1.81 bits per heavy atom. The zero-order valence-corrected chi connectivity index (χ0v) is 33.8. The lowest BCUT2D eigenvalue weighted by Gasteiger charge is -2.42. The molecule has 2 bridgehead atoms. The molecule has 2 aliphatic heterocycles. The van der Waals surface area contributed by atoms with E-state index >= 15 is 8.78 Å². The first kappa shape index (κ1) is 35.2. The summed E-state index contributed by atoms with van der Waals surface area (Å²) in [5.41, 5.74) is 4.19. The lowest BCUT2D eigenvalue weighted by atomic mass is 9.95. The topological polar surface area (TPSA) is 90.9 Å². The van der Waals surface area contributed by atoms with Gasteiger partial charge in [-0.1, -0.05) is 65.3 Å². The molecule has 4 aromatic rings. The number of nitrogens with one attached hydrogen (secondary N) is 1. The molecular weight excluding hydrogens is 713 g/mol. The van der Waals surface area contributed by atoms with Crippen LogP contribution in [0.1, 0.15) is 64.1 Å². The third kappa shape index (κ3) is 7.09. The molecule has 0 saturated carbocycles. The molecule has 1 N–H and O–H groups in total. The highest BCUT2D eigenvalue weighted by Crippen LogP contribution is 2.44. The summed E-state index contributed by atoms with van der Waals surface area (Å²) in [6.07, 6.45) is 3.31. The first-order valence-electron chi connectivity index (χ1n) is 19.5. The molecule has 0 aliphatic carbocycles. The Labute approximate surface area is 321 Å². The second-order valence-corrected chi connectivity index (χ2v) is 21.4. The van der Waals surface area contributed by atoms with Gasteiger partial charge in [-0.25, -0.2) is 23.7 Å². The maximum Gasteiger partial charge on any atom is 0.227 e. The Morgan fingerprint density at radius 1 is 1.06 bits per heavy atom. The van der Waals surface area contributed by atoms with E-state index in [4.69, 9.17) is 33.0 Å². The molecule has 2 aromatic heterocycles. The summed E-state index contributed by atoms with van der Waals surface area (Å²) in [7, 11) is -1.91. The first-order valence-corrected chi connectivity index (χ1v) is 21.5. The number of fused-ring (bicyclic) bond motifs is 4. The van der Waals surface area contributed by atoms with Crippen LogP contribution in [0.2, 0.25) is 16.6 Å². The number of methoxy groups -OCH3 is 3. The summed E-state index contributed by atoms with van der Waals surface area (Å²) in [6, 6.07) is 6.41. The molecule has 2 unspecified atom stereocenters. The molecule has 9 nitrogen and oxygen atoms in total. The molecule has 0 amide bonds. The van der Waals surface area contributed by atoms with Crippen molar-refractivity contribution >= 4 is 47.3 Å². The van der Waals surface area contributed by atoms with Gasteiger partial charge in [0.25, 0.3) is 0 Å². The van der Waals surface area contributed by atoms with Gasteiger partial charge >= 0.3 is 0 Å². The number of anilines is 1. The van der Waals surface area contributed by atoms with Gasteiger partial charge in [0.05, 0.1) is 28.9 Å².